The fraction of sp³-hybridized carbons (Fsp3) is 0.556. The van der Waals surface area contributed by atoms with E-state index in [1.54, 1.807) is 0 Å². The third kappa shape index (κ3) is 3.57. The second-order valence-corrected chi connectivity index (χ2v) is 2.78. The Bertz CT molecular complexity index is 190. The van der Waals surface area contributed by atoms with Gasteiger partial charge in [0.05, 0.1) is 6.07 Å². The molecule has 1 atom stereocenters. The first kappa shape index (κ1) is 9.90. The quantitative estimate of drug-likeness (QED) is 0.456. The number of carbonyl (C=O) groups is 1. The number of hydrogen-bond acceptors (Lipinski definition) is 2. The molecule has 0 aliphatic heterocycles. The van der Waals surface area contributed by atoms with Crippen LogP contribution in [0.4, 0.5) is 0 Å². The summed E-state index contributed by atoms with van der Waals surface area (Å²) in [5.41, 5.74) is -0.440. The molecule has 0 aliphatic rings. The Morgan fingerprint density at radius 1 is 1.64 bits per heavy atom. The van der Waals surface area contributed by atoms with Gasteiger partial charge in [-0.15, -0.1) is 0 Å². The van der Waals surface area contributed by atoms with Gasteiger partial charge in [0.1, 0.15) is 6.29 Å². The predicted molar refractivity (Wildman–Crippen MR) is 43.8 cm³/mol. The highest BCUT2D eigenvalue weighted by Crippen LogP contribution is 2.21. The van der Waals surface area contributed by atoms with E-state index in [1.165, 1.54) is 0 Å². The number of rotatable bonds is 4. The van der Waals surface area contributed by atoms with Crippen LogP contribution in [0.2, 0.25) is 0 Å². The summed E-state index contributed by atoms with van der Waals surface area (Å²) in [4.78, 5) is 10.6. The Balaban J connectivity index is 4.12. The third-order valence-electron chi connectivity index (χ3n) is 1.59. The molecule has 0 aromatic rings. The minimum absolute atomic E-state index is 0.430. The van der Waals surface area contributed by atoms with E-state index < -0.39 is 5.41 Å². The van der Waals surface area contributed by atoms with Gasteiger partial charge in [0.2, 0.25) is 0 Å². The molecule has 0 amide bonds. The van der Waals surface area contributed by atoms with Gasteiger partial charge < -0.3 is 4.79 Å². The summed E-state index contributed by atoms with van der Waals surface area (Å²) in [5.74, 6) is 0. The van der Waals surface area contributed by atoms with E-state index in [9.17, 15) is 4.79 Å². The van der Waals surface area contributed by atoms with Gasteiger partial charge in [-0.1, -0.05) is 12.2 Å². The highest BCUT2D eigenvalue weighted by Gasteiger charge is 2.18. The van der Waals surface area contributed by atoms with Crippen LogP contribution in [0.1, 0.15) is 26.7 Å². The van der Waals surface area contributed by atoms with Crippen LogP contribution in [-0.4, -0.2) is 6.29 Å². The molecule has 0 aromatic heterocycles. The molecule has 0 saturated heterocycles. The zero-order valence-corrected chi connectivity index (χ0v) is 7.00. The molecule has 0 rings (SSSR count). The van der Waals surface area contributed by atoms with Crippen LogP contribution in [-0.2, 0) is 4.79 Å². The number of aldehydes is 1. The van der Waals surface area contributed by atoms with Crippen molar-refractivity contribution in [3.63, 3.8) is 0 Å². The van der Waals surface area contributed by atoms with Crippen molar-refractivity contribution in [1.29, 1.82) is 5.26 Å². The van der Waals surface area contributed by atoms with E-state index >= 15 is 0 Å². The van der Waals surface area contributed by atoms with E-state index in [-0.39, 0.29) is 0 Å². The predicted octanol–water partition coefficient (Wildman–Crippen LogP) is 2.07. The van der Waals surface area contributed by atoms with E-state index in [4.69, 9.17) is 5.26 Å². The first-order valence-corrected chi connectivity index (χ1v) is 3.65. The zero-order chi connectivity index (χ0) is 8.74. The van der Waals surface area contributed by atoms with E-state index in [1.807, 2.05) is 32.1 Å². The Hall–Kier alpha value is -1.10. The van der Waals surface area contributed by atoms with E-state index in [2.05, 4.69) is 0 Å². The van der Waals surface area contributed by atoms with Gasteiger partial charge in [0.15, 0.2) is 0 Å². The van der Waals surface area contributed by atoms with Gasteiger partial charge in [-0.3, -0.25) is 0 Å². The Labute approximate surface area is 67.5 Å². The summed E-state index contributed by atoms with van der Waals surface area (Å²) < 4.78 is 0. The van der Waals surface area contributed by atoms with Gasteiger partial charge in [-0.25, -0.2) is 0 Å². The maximum absolute atomic E-state index is 10.6. The molecule has 2 nitrogen and oxygen atoms in total. The average molecular weight is 151 g/mol. The molecule has 0 fully saturated rings. The summed E-state index contributed by atoms with van der Waals surface area (Å²) in [6.07, 6.45) is 5.60. The molecule has 2 heteroatoms. The maximum atomic E-state index is 10.6. The normalized spacial score (nSPS) is 15.7. The van der Waals surface area contributed by atoms with Crippen molar-refractivity contribution in [3.05, 3.63) is 12.2 Å². The van der Waals surface area contributed by atoms with Crippen molar-refractivity contribution < 1.29 is 4.79 Å². The minimum atomic E-state index is -0.440. The molecular weight excluding hydrogens is 138 g/mol. The molecule has 0 heterocycles. The van der Waals surface area contributed by atoms with Crippen molar-refractivity contribution in [2.45, 2.75) is 26.7 Å². The molecule has 0 spiro atoms. The topological polar surface area (TPSA) is 40.9 Å². The van der Waals surface area contributed by atoms with Gasteiger partial charge >= 0.3 is 0 Å². The number of hydrogen-bond donors (Lipinski definition) is 0. The molecular formula is C9H13NO. The van der Waals surface area contributed by atoms with Crippen molar-refractivity contribution in [1.82, 2.24) is 0 Å². The lowest BCUT2D eigenvalue weighted by Crippen LogP contribution is -2.14. The number of allylic oxidation sites excluding steroid dienone is 2. The smallest absolute Gasteiger partial charge is 0.129 e. The zero-order valence-electron chi connectivity index (χ0n) is 7.00. The molecule has 0 bridgehead atoms. The summed E-state index contributed by atoms with van der Waals surface area (Å²) in [7, 11) is 0. The highest BCUT2D eigenvalue weighted by atomic mass is 16.1. The van der Waals surface area contributed by atoms with E-state index in [0.717, 1.165) is 6.29 Å². The Morgan fingerprint density at radius 2 is 2.27 bits per heavy atom. The summed E-state index contributed by atoms with van der Waals surface area (Å²) in [5, 5.41) is 8.30. The summed E-state index contributed by atoms with van der Waals surface area (Å²) in [6, 6.07) is 2.02. The van der Waals surface area contributed by atoms with Gasteiger partial charge in [0.25, 0.3) is 0 Å². The van der Waals surface area contributed by atoms with Crippen molar-refractivity contribution in [2.75, 3.05) is 0 Å². The Morgan fingerprint density at radius 3 is 2.64 bits per heavy atom. The first-order chi connectivity index (χ1) is 5.18. The summed E-state index contributed by atoms with van der Waals surface area (Å²) in [6.45, 7) is 3.70. The molecule has 11 heavy (non-hydrogen) atoms. The lowest BCUT2D eigenvalue weighted by atomic mass is 9.87. The second-order valence-electron chi connectivity index (χ2n) is 2.78. The number of carbonyl (C=O) groups excluding carboxylic acids is 1. The van der Waals surface area contributed by atoms with Gasteiger partial charge in [-0.05, 0) is 20.3 Å². The number of nitriles is 1. The van der Waals surface area contributed by atoms with Crippen molar-refractivity contribution in [3.8, 4) is 6.07 Å². The summed E-state index contributed by atoms with van der Waals surface area (Å²) >= 11 is 0. The van der Waals surface area contributed by atoms with Gasteiger partial charge in [0, 0.05) is 11.8 Å². The van der Waals surface area contributed by atoms with Crippen molar-refractivity contribution in [2.24, 2.45) is 5.41 Å². The molecule has 60 valence electrons. The van der Waals surface area contributed by atoms with E-state index in [0.29, 0.717) is 12.8 Å². The Kier molecular flexibility index (Phi) is 4.21. The molecule has 0 aliphatic carbocycles. The third-order valence-corrected chi connectivity index (χ3v) is 1.59. The van der Waals surface area contributed by atoms with Crippen LogP contribution in [0.25, 0.3) is 0 Å². The average Bonchev–Trinajstić information content (AvgIpc) is 2.02. The van der Waals surface area contributed by atoms with Crippen molar-refractivity contribution >= 4 is 6.29 Å². The van der Waals surface area contributed by atoms with Crippen LogP contribution in [0.15, 0.2) is 12.2 Å². The first-order valence-electron chi connectivity index (χ1n) is 3.65. The fourth-order valence-electron chi connectivity index (χ4n) is 0.888. The monoisotopic (exact) mass is 151 g/mol. The van der Waals surface area contributed by atoms with Crippen LogP contribution in [0, 0.1) is 16.7 Å². The lowest BCUT2D eigenvalue weighted by molar-refractivity contribution is -0.113. The van der Waals surface area contributed by atoms with Crippen LogP contribution >= 0.6 is 0 Å². The molecule has 1 unspecified atom stereocenters. The molecule has 0 N–H and O–H groups in total. The second kappa shape index (κ2) is 4.68. The standard InChI is InChI=1S/C9H13NO/c1-3-5-9(2,8-11)6-4-7-10/h3,5,8H,4,6H2,1-2H3/b5-3-. The van der Waals surface area contributed by atoms with Crippen LogP contribution < -0.4 is 0 Å². The highest BCUT2D eigenvalue weighted by molar-refractivity contribution is 5.61. The minimum Gasteiger partial charge on any atom is -0.302 e. The lowest BCUT2D eigenvalue weighted by Gasteiger charge is -2.15. The van der Waals surface area contributed by atoms with Crippen LogP contribution in [0.5, 0.6) is 0 Å². The maximum Gasteiger partial charge on any atom is 0.129 e. The molecule has 0 radical (unpaired) electrons. The van der Waals surface area contributed by atoms with Gasteiger partial charge in [-0.2, -0.15) is 5.26 Å². The molecule has 0 saturated carbocycles. The molecule has 0 aromatic carbocycles. The fourth-order valence-corrected chi connectivity index (χ4v) is 0.888. The van der Waals surface area contributed by atoms with Crippen LogP contribution in [0.3, 0.4) is 0 Å². The SMILES string of the molecule is C/C=C\C(C)(C=O)CCC#N. The number of nitrogens with zero attached hydrogens (tertiary/aromatic N) is 1. The largest absolute Gasteiger partial charge is 0.302 e.